The Balaban J connectivity index is 2.18. The molecule has 9 heteroatoms. The van der Waals surface area contributed by atoms with Crippen molar-refractivity contribution in [2.75, 3.05) is 0 Å². The van der Waals surface area contributed by atoms with Gasteiger partial charge >= 0.3 is 5.97 Å². The van der Waals surface area contributed by atoms with E-state index in [0.29, 0.717) is 5.56 Å². The molecular formula is C15H14N2O6S. The first-order valence-electron chi connectivity index (χ1n) is 6.83. The Hall–Kier alpha value is -2.78. The SMILES string of the molecule is O=C(O)[C@@H](Cc1ccc([N+](=O)[O-])cc1)NS(=O)(=O)c1ccccc1. The molecule has 0 saturated heterocycles. The summed E-state index contributed by atoms with van der Waals surface area (Å²) in [5, 5.41) is 19.9. The van der Waals surface area contributed by atoms with Crippen LogP contribution in [0.1, 0.15) is 5.56 Å². The number of rotatable bonds is 7. The van der Waals surface area contributed by atoms with Gasteiger partial charge in [-0.15, -0.1) is 0 Å². The van der Waals surface area contributed by atoms with Gasteiger partial charge in [-0.05, 0) is 24.1 Å². The van der Waals surface area contributed by atoms with Crippen LogP contribution in [0.3, 0.4) is 0 Å². The molecule has 2 N–H and O–H groups in total. The molecule has 2 rings (SSSR count). The second kappa shape index (κ2) is 7.20. The molecule has 0 amide bonds. The van der Waals surface area contributed by atoms with Crippen molar-refractivity contribution in [3.05, 3.63) is 70.3 Å². The highest BCUT2D eigenvalue weighted by Gasteiger charge is 2.25. The van der Waals surface area contributed by atoms with Gasteiger partial charge in [-0.3, -0.25) is 14.9 Å². The number of aliphatic carboxylic acids is 1. The lowest BCUT2D eigenvalue weighted by Gasteiger charge is -2.15. The normalized spacial score (nSPS) is 12.5. The number of carboxylic acids is 1. The monoisotopic (exact) mass is 350 g/mol. The average Bonchev–Trinajstić information content (AvgIpc) is 2.55. The Morgan fingerprint density at radius 1 is 1.12 bits per heavy atom. The Morgan fingerprint density at radius 2 is 1.71 bits per heavy atom. The van der Waals surface area contributed by atoms with Gasteiger partial charge in [0, 0.05) is 12.1 Å². The number of carboxylic acid groups (broad SMARTS) is 1. The molecule has 8 nitrogen and oxygen atoms in total. The maximum atomic E-state index is 12.2. The van der Waals surface area contributed by atoms with Gasteiger partial charge in [0.2, 0.25) is 10.0 Å². The van der Waals surface area contributed by atoms with Crippen molar-refractivity contribution >= 4 is 21.7 Å². The lowest BCUT2D eigenvalue weighted by molar-refractivity contribution is -0.384. The van der Waals surface area contributed by atoms with Crippen LogP contribution in [0.2, 0.25) is 0 Å². The van der Waals surface area contributed by atoms with Gasteiger partial charge in [0.1, 0.15) is 6.04 Å². The highest BCUT2D eigenvalue weighted by Crippen LogP contribution is 2.15. The average molecular weight is 350 g/mol. The van der Waals surface area contributed by atoms with Crippen molar-refractivity contribution in [2.24, 2.45) is 0 Å². The molecule has 0 heterocycles. The van der Waals surface area contributed by atoms with Crippen molar-refractivity contribution < 1.29 is 23.2 Å². The molecule has 0 aliphatic carbocycles. The number of nitro benzene ring substituents is 1. The van der Waals surface area contributed by atoms with Crippen LogP contribution in [0, 0.1) is 10.1 Å². The van der Waals surface area contributed by atoms with Crippen molar-refractivity contribution in [1.82, 2.24) is 4.72 Å². The van der Waals surface area contributed by atoms with Gasteiger partial charge in [-0.1, -0.05) is 30.3 Å². The first kappa shape index (κ1) is 17.6. The molecule has 24 heavy (non-hydrogen) atoms. The van der Waals surface area contributed by atoms with Crippen LogP contribution >= 0.6 is 0 Å². The van der Waals surface area contributed by atoms with Crippen LogP contribution < -0.4 is 4.72 Å². The molecule has 0 bridgehead atoms. The third-order valence-corrected chi connectivity index (χ3v) is 4.72. The Labute approximate surface area is 138 Å². The summed E-state index contributed by atoms with van der Waals surface area (Å²) in [5.41, 5.74) is 0.333. The fraction of sp³-hybridized carbons (Fsp3) is 0.133. The highest BCUT2D eigenvalue weighted by molar-refractivity contribution is 7.89. The maximum absolute atomic E-state index is 12.2. The second-order valence-electron chi connectivity index (χ2n) is 4.95. The molecule has 2 aromatic carbocycles. The van der Waals surface area contributed by atoms with E-state index < -0.39 is 27.0 Å². The predicted molar refractivity (Wildman–Crippen MR) is 85.0 cm³/mol. The predicted octanol–water partition coefficient (Wildman–Crippen LogP) is 1.57. The number of hydrogen-bond donors (Lipinski definition) is 2. The number of nitro groups is 1. The van der Waals surface area contributed by atoms with E-state index in [4.69, 9.17) is 0 Å². The zero-order valence-corrected chi connectivity index (χ0v) is 13.1. The quantitative estimate of drug-likeness (QED) is 0.576. The van der Waals surface area contributed by atoms with E-state index in [1.807, 2.05) is 0 Å². The van der Waals surface area contributed by atoms with E-state index in [0.717, 1.165) is 0 Å². The van der Waals surface area contributed by atoms with Gasteiger partial charge in [0.25, 0.3) is 5.69 Å². The smallest absolute Gasteiger partial charge is 0.322 e. The van der Waals surface area contributed by atoms with Crippen molar-refractivity contribution in [2.45, 2.75) is 17.4 Å². The van der Waals surface area contributed by atoms with Crippen molar-refractivity contribution in [1.29, 1.82) is 0 Å². The summed E-state index contributed by atoms with van der Waals surface area (Å²) in [6, 6.07) is 11.3. The molecule has 0 aliphatic rings. The minimum Gasteiger partial charge on any atom is -0.480 e. The van der Waals surface area contributed by atoms with Crippen LogP contribution in [-0.4, -0.2) is 30.5 Å². The zero-order chi connectivity index (χ0) is 17.7. The minimum absolute atomic E-state index is 0.0417. The van der Waals surface area contributed by atoms with Crippen molar-refractivity contribution in [3.63, 3.8) is 0 Å². The van der Waals surface area contributed by atoms with Crippen LogP contribution in [0.25, 0.3) is 0 Å². The summed E-state index contributed by atoms with van der Waals surface area (Å²) < 4.78 is 26.6. The van der Waals surface area contributed by atoms with Crippen LogP contribution in [0.4, 0.5) is 5.69 Å². The summed E-state index contributed by atoms with van der Waals surface area (Å²) in [5.74, 6) is -1.34. The van der Waals surface area contributed by atoms with Crippen molar-refractivity contribution in [3.8, 4) is 0 Å². The van der Waals surface area contributed by atoms with Gasteiger partial charge in [0.15, 0.2) is 0 Å². The van der Waals surface area contributed by atoms with Gasteiger partial charge in [-0.25, -0.2) is 8.42 Å². The van der Waals surface area contributed by atoms with Gasteiger partial charge in [-0.2, -0.15) is 4.72 Å². The molecule has 2 aromatic rings. The molecule has 0 radical (unpaired) electrons. The van der Waals surface area contributed by atoms with Crippen LogP contribution in [0.15, 0.2) is 59.5 Å². The fourth-order valence-electron chi connectivity index (χ4n) is 2.02. The topological polar surface area (TPSA) is 127 Å². The van der Waals surface area contributed by atoms with E-state index in [-0.39, 0.29) is 17.0 Å². The molecule has 1 atom stereocenters. The van der Waals surface area contributed by atoms with E-state index in [1.54, 1.807) is 6.07 Å². The van der Waals surface area contributed by atoms with E-state index in [1.165, 1.54) is 48.5 Å². The third-order valence-electron chi connectivity index (χ3n) is 3.24. The fourth-order valence-corrected chi connectivity index (χ4v) is 3.23. The molecule has 0 unspecified atom stereocenters. The number of non-ortho nitro benzene ring substituents is 1. The molecule has 0 fully saturated rings. The number of benzene rings is 2. The number of hydrogen-bond acceptors (Lipinski definition) is 5. The standard InChI is InChI=1S/C15H14N2O6S/c18-15(19)14(10-11-6-8-12(9-7-11)17(20)21)16-24(22,23)13-4-2-1-3-5-13/h1-9,14,16H,10H2,(H,18,19)/t14-/m1/s1. The molecular weight excluding hydrogens is 336 g/mol. The molecule has 0 saturated carbocycles. The summed E-state index contributed by atoms with van der Waals surface area (Å²) >= 11 is 0. The summed E-state index contributed by atoms with van der Waals surface area (Å²) in [6.45, 7) is 0. The van der Waals surface area contributed by atoms with E-state index in [2.05, 4.69) is 4.72 Å². The number of nitrogens with one attached hydrogen (secondary N) is 1. The highest BCUT2D eigenvalue weighted by atomic mass is 32.2. The lowest BCUT2D eigenvalue weighted by Crippen LogP contribution is -2.42. The summed E-state index contributed by atoms with van der Waals surface area (Å²) in [6.07, 6.45) is -0.139. The first-order chi connectivity index (χ1) is 11.3. The zero-order valence-electron chi connectivity index (χ0n) is 12.3. The summed E-state index contributed by atoms with van der Waals surface area (Å²) in [4.78, 5) is 21.3. The Bertz CT molecular complexity index is 834. The number of sulfonamides is 1. The minimum atomic E-state index is -3.99. The van der Waals surface area contributed by atoms with Gasteiger partial charge in [0.05, 0.1) is 9.82 Å². The van der Waals surface area contributed by atoms with Crippen LogP contribution in [0.5, 0.6) is 0 Å². The van der Waals surface area contributed by atoms with Crippen LogP contribution in [-0.2, 0) is 21.2 Å². The molecule has 0 spiro atoms. The molecule has 0 aromatic heterocycles. The molecule has 126 valence electrons. The number of nitrogens with zero attached hydrogens (tertiary/aromatic N) is 1. The largest absolute Gasteiger partial charge is 0.480 e. The third kappa shape index (κ3) is 4.37. The second-order valence-corrected chi connectivity index (χ2v) is 6.67. The van der Waals surface area contributed by atoms with E-state index in [9.17, 15) is 28.4 Å². The maximum Gasteiger partial charge on any atom is 0.322 e. The Kier molecular flexibility index (Phi) is 5.27. The first-order valence-corrected chi connectivity index (χ1v) is 8.31. The van der Waals surface area contributed by atoms with E-state index >= 15 is 0 Å². The number of carbonyl (C=O) groups is 1. The summed E-state index contributed by atoms with van der Waals surface area (Å²) in [7, 11) is -3.99. The Morgan fingerprint density at radius 3 is 2.21 bits per heavy atom. The lowest BCUT2D eigenvalue weighted by atomic mass is 10.1. The molecule has 0 aliphatic heterocycles. The van der Waals surface area contributed by atoms with Gasteiger partial charge < -0.3 is 5.11 Å².